The van der Waals surface area contributed by atoms with Crippen LogP contribution in [0.15, 0.2) is 53.1 Å². The van der Waals surface area contributed by atoms with E-state index in [4.69, 9.17) is 4.52 Å². The monoisotopic (exact) mass is 408 g/mol. The molecule has 3 aromatic rings. The van der Waals surface area contributed by atoms with Crippen LogP contribution in [0.2, 0.25) is 0 Å². The van der Waals surface area contributed by atoms with E-state index in [1.165, 1.54) is 31.0 Å². The highest BCUT2D eigenvalue weighted by atomic mass is 32.2. The van der Waals surface area contributed by atoms with Gasteiger partial charge in [0.1, 0.15) is 0 Å². The molecule has 5 nitrogen and oxygen atoms in total. The molecular weight excluding hydrogens is 393 g/mol. The van der Waals surface area contributed by atoms with Gasteiger partial charge in [0.2, 0.25) is 11.7 Å². The molecule has 1 heterocycles. The van der Waals surface area contributed by atoms with Crippen LogP contribution in [-0.4, -0.2) is 23.2 Å². The topological polar surface area (TPSA) is 65.2 Å². The number of aromatic nitrogens is 2. The van der Waals surface area contributed by atoms with Gasteiger partial charge in [0.05, 0.1) is 24.0 Å². The summed E-state index contributed by atoms with van der Waals surface area (Å²) in [6.45, 7) is 0. The van der Waals surface area contributed by atoms with Gasteiger partial charge in [-0.2, -0.15) is 18.2 Å². The Morgan fingerprint density at radius 1 is 1.14 bits per heavy atom. The normalized spacial score (nSPS) is 11.4. The maximum atomic E-state index is 12.8. The lowest BCUT2D eigenvalue weighted by Gasteiger charge is -2.06. The number of hydrogen-bond acceptors (Lipinski definition) is 6. The second kappa shape index (κ2) is 8.47. The first-order chi connectivity index (χ1) is 13.4. The van der Waals surface area contributed by atoms with Crippen molar-refractivity contribution in [1.29, 1.82) is 0 Å². The van der Waals surface area contributed by atoms with Gasteiger partial charge in [0.25, 0.3) is 0 Å². The van der Waals surface area contributed by atoms with Crippen molar-refractivity contribution in [3.8, 4) is 11.4 Å². The third kappa shape index (κ3) is 4.92. The lowest BCUT2D eigenvalue weighted by Crippen LogP contribution is -2.04. The highest BCUT2D eigenvalue weighted by Gasteiger charge is 2.30. The summed E-state index contributed by atoms with van der Waals surface area (Å²) in [4.78, 5) is 15.6. The van der Waals surface area contributed by atoms with Gasteiger partial charge in [-0.25, -0.2) is 4.79 Å². The Morgan fingerprint density at radius 2 is 1.89 bits per heavy atom. The Hall–Kier alpha value is -2.81. The summed E-state index contributed by atoms with van der Waals surface area (Å²) in [7, 11) is 1.32. The number of hydrogen-bond donors (Lipinski definition) is 0. The molecule has 0 saturated heterocycles. The molecular formula is C19H15F3N2O3S. The lowest BCUT2D eigenvalue weighted by atomic mass is 10.1. The molecule has 0 radical (unpaired) electrons. The van der Waals surface area contributed by atoms with Gasteiger partial charge in [-0.15, -0.1) is 11.8 Å². The van der Waals surface area contributed by atoms with Crippen LogP contribution in [0.25, 0.3) is 11.4 Å². The zero-order chi connectivity index (χ0) is 20.1. The number of nitrogens with zero attached hydrogens (tertiary/aromatic N) is 2. The molecule has 0 aliphatic rings. The van der Waals surface area contributed by atoms with E-state index in [0.29, 0.717) is 23.0 Å². The van der Waals surface area contributed by atoms with Gasteiger partial charge in [0, 0.05) is 11.3 Å². The number of rotatable bonds is 6. The molecule has 0 unspecified atom stereocenters. The number of carbonyl (C=O) groups is 1. The predicted molar refractivity (Wildman–Crippen MR) is 97.5 cm³/mol. The minimum absolute atomic E-state index is 0.115. The van der Waals surface area contributed by atoms with Gasteiger partial charge in [-0.3, -0.25) is 0 Å². The van der Waals surface area contributed by atoms with Crippen molar-refractivity contribution in [1.82, 2.24) is 10.1 Å². The molecule has 0 bridgehead atoms. The molecule has 0 spiro atoms. The maximum absolute atomic E-state index is 12.8. The molecule has 1 aromatic heterocycles. The Kier molecular flexibility index (Phi) is 6.03. The molecule has 0 aliphatic heterocycles. The average molecular weight is 408 g/mol. The Morgan fingerprint density at radius 3 is 2.57 bits per heavy atom. The van der Waals surface area contributed by atoms with Crippen molar-refractivity contribution in [2.24, 2.45) is 0 Å². The molecule has 0 fully saturated rings. The minimum Gasteiger partial charge on any atom is -0.465 e. The van der Waals surface area contributed by atoms with E-state index in [1.807, 2.05) is 12.1 Å². The average Bonchev–Trinajstić information content (AvgIpc) is 3.16. The van der Waals surface area contributed by atoms with Gasteiger partial charge in [-0.1, -0.05) is 29.4 Å². The maximum Gasteiger partial charge on any atom is 0.416 e. The first kappa shape index (κ1) is 19.9. The summed E-state index contributed by atoms with van der Waals surface area (Å²) in [5, 5.41) is 3.76. The van der Waals surface area contributed by atoms with Crippen LogP contribution < -0.4 is 0 Å². The van der Waals surface area contributed by atoms with Gasteiger partial charge in [0.15, 0.2) is 0 Å². The number of carbonyl (C=O) groups excluding carboxylic acids is 1. The first-order valence-electron chi connectivity index (χ1n) is 8.12. The van der Waals surface area contributed by atoms with Crippen molar-refractivity contribution in [2.75, 3.05) is 7.11 Å². The number of esters is 1. The van der Waals surface area contributed by atoms with Crippen molar-refractivity contribution < 1.29 is 27.2 Å². The highest BCUT2D eigenvalue weighted by molar-refractivity contribution is 7.97. The summed E-state index contributed by atoms with van der Waals surface area (Å²) in [6, 6.07) is 11.8. The molecule has 0 N–H and O–H groups in total. The minimum atomic E-state index is -4.43. The van der Waals surface area contributed by atoms with E-state index < -0.39 is 17.7 Å². The summed E-state index contributed by atoms with van der Waals surface area (Å²) < 4.78 is 48.2. The lowest BCUT2D eigenvalue weighted by molar-refractivity contribution is -0.137. The van der Waals surface area contributed by atoms with E-state index in [0.717, 1.165) is 17.7 Å². The third-order valence-electron chi connectivity index (χ3n) is 3.79. The largest absolute Gasteiger partial charge is 0.465 e. The van der Waals surface area contributed by atoms with Crippen LogP contribution in [0.3, 0.4) is 0 Å². The molecule has 0 aliphatic carbocycles. The zero-order valence-electron chi connectivity index (χ0n) is 14.7. The number of ether oxygens (including phenoxy) is 1. The van der Waals surface area contributed by atoms with Crippen molar-refractivity contribution >= 4 is 17.7 Å². The second-order valence-electron chi connectivity index (χ2n) is 5.77. The highest BCUT2D eigenvalue weighted by Crippen LogP contribution is 2.31. The molecule has 0 saturated carbocycles. The van der Waals surface area contributed by atoms with Crippen LogP contribution >= 0.6 is 11.8 Å². The molecule has 28 heavy (non-hydrogen) atoms. The van der Waals surface area contributed by atoms with Gasteiger partial charge >= 0.3 is 12.1 Å². The first-order valence-corrected chi connectivity index (χ1v) is 9.27. The third-order valence-corrected chi connectivity index (χ3v) is 4.77. The van der Waals surface area contributed by atoms with Crippen LogP contribution in [-0.2, 0) is 22.4 Å². The quantitative estimate of drug-likeness (QED) is 0.536. The standard InChI is InChI=1S/C19H15F3N2O3S/c1-26-18(25)13-7-5-12(6-8-13)10-28-11-16-23-17(24-27-16)14-3-2-4-15(9-14)19(20,21)22/h2-9H,10-11H2,1H3. The number of halogens is 3. The molecule has 0 atom stereocenters. The fraction of sp³-hybridized carbons (Fsp3) is 0.211. The second-order valence-corrected chi connectivity index (χ2v) is 6.76. The molecule has 9 heteroatoms. The number of alkyl halides is 3. The van der Waals surface area contributed by atoms with Crippen molar-refractivity contribution in [2.45, 2.75) is 17.7 Å². The molecule has 146 valence electrons. The Balaban J connectivity index is 1.59. The van der Waals surface area contributed by atoms with Crippen LogP contribution in [0.4, 0.5) is 13.2 Å². The van der Waals surface area contributed by atoms with Crippen LogP contribution in [0.5, 0.6) is 0 Å². The van der Waals surface area contributed by atoms with Gasteiger partial charge in [-0.05, 0) is 29.8 Å². The fourth-order valence-corrected chi connectivity index (χ4v) is 3.20. The summed E-state index contributed by atoms with van der Waals surface area (Å²) >= 11 is 1.50. The summed E-state index contributed by atoms with van der Waals surface area (Å²) in [6.07, 6.45) is -4.43. The van der Waals surface area contributed by atoms with E-state index in [9.17, 15) is 18.0 Å². The Labute approximate surface area is 162 Å². The van der Waals surface area contributed by atoms with Crippen LogP contribution in [0.1, 0.15) is 27.4 Å². The zero-order valence-corrected chi connectivity index (χ0v) is 15.5. The van der Waals surface area contributed by atoms with E-state index in [-0.39, 0.29) is 11.4 Å². The number of benzene rings is 2. The molecule has 2 aromatic carbocycles. The van der Waals surface area contributed by atoms with E-state index in [2.05, 4.69) is 14.9 Å². The molecule has 0 amide bonds. The number of methoxy groups -OCH3 is 1. The number of thioether (sulfide) groups is 1. The molecule has 3 rings (SSSR count). The summed E-state index contributed by atoms with van der Waals surface area (Å²) in [5.41, 5.74) is 0.948. The summed E-state index contributed by atoms with van der Waals surface area (Å²) in [5.74, 6) is 1.09. The van der Waals surface area contributed by atoms with Crippen LogP contribution in [0, 0.1) is 0 Å². The Bertz CT molecular complexity index is 956. The SMILES string of the molecule is COC(=O)c1ccc(CSCc2nc(-c3cccc(C(F)(F)F)c3)no2)cc1. The van der Waals surface area contributed by atoms with Crippen molar-refractivity contribution in [3.63, 3.8) is 0 Å². The van der Waals surface area contributed by atoms with E-state index in [1.54, 1.807) is 12.1 Å². The van der Waals surface area contributed by atoms with Gasteiger partial charge < -0.3 is 9.26 Å². The smallest absolute Gasteiger partial charge is 0.416 e. The predicted octanol–water partition coefficient (Wildman–Crippen LogP) is 4.98. The van der Waals surface area contributed by atoms with Crippen molar-refractivity contribution in [3.05, 3.63) is 71.1 Å². The fourth-order valence-electron chi connectivity index (χ4n) is 2.38. The van der Waals surface area contributed by atoms with E-state index >= 15 is 0 Å².